The van der Waals surface area contributed by atoms with Crippen LogP contribution in [0.15, 0.2) is 72.1 Å². The van der Waals surface area contributed by atoms with Crippen molar-refractivity contribution in [2.75, 3.05) is 0 Å². The molecular formula is C19H19NS. The Morgan fingerprint density at radius 3 is 1.76 bits per heavy atom. The van der Waals surface area contributed by atoms with Gasteiger partial charge in [-0.1, -0.05) is 60.7 Å². The van der Waals surface area contributed by atoms with Crippen LogP contribution in [0.25, 0.3) is 0 Å². The average Bonchev–Trinajstić information content (AvgIpc) is 2.96. The predicted octanol–water partition coefficient (Wildman–Crippen LogP) is 4.89. The van der Waals surface area contributed by atoms with Gasteiger partial charge in [-0.3, -0.25) is 0 Å². The third-order valence-corrected chi connectivity index (χ3v) is 4.69. The summed E-state index contributed by atoms with van der Waals surface area (Å²) in [5.41, 5.74) is 10.4. The zero-order valence-electron chi connectivity index (χ0n) is 12.1. The van der Waals surface area contributed by atoms with Crippen LogP contribution in [0, 0.1) is 6.92 Å². The second-order valence-electron chi connectivity index (χ2n) is 5.32. The molecule has 0 fully saturated rings. The number of thiophene rings is 1. The summed E-state index contributed by atoms with van der Waals surface area (Å²) in [4.78, 5) is 1.31. The molecule has 2 heteroatoms. The van der Waals surface area contributed by atoms with Crippen molar-refractivity contribution in [2.24, 2.45) is 5.73 Å². The highest BCUT2D eigenvalue weighted by atomic mass is 32.1. The molecule has 0 bridgehead atoms. The molecule has 0 saturated carbocycles. The monoisotopic (exact) mass is 293 g/mol. The number of hydrogen-bond donors (Lipinski definition) is 1. The zero-order valence-corrected chi connectivity index (χ0v) is 12.9. The SMILES string of the molecule is Cc1cc(C(N)C(c2ccccc2)c2ccccc2)cs1. The van der Waals surface area contributed by atoms with E-state index in [2.05, 4.69) is 66.9 Å². The molecule has 1 nitrogen and oxygen atoms in total. The Labute approximate surface area is 130 Å². The van der Waals surface area contributed by atoms with Crippen molar-refractivity contribution in [3.63, 3.8) is 0 Å². The fourth-order valence-corrected chi connectivity index (χ4v) is 3.51. The van der Waals surface area contributed by atoms with Crippen LogP contribution in [0.5, 0.6) is 0 Å². The summed E-state index contributed by atoms with van der Waals surface area (Å²) in [5, 5.41) is 2.18. The van der Waals surface area contributed by atoms with E-state index in [4.69, 9.17) is 5.73 Å². The lowest BCUT2D eigenvalue weighted by Gasteiger charge is -2.24. The van der Waals surface area contributed by atoms with E-state index in [1.807, 2.05) is 12.1 Å². The first-order valence-electron chi connectivity index (χ1n) is 7.16. The summed E-state index contributed by atoms with van der Waals surface area (Å²) in [6, 6.07) is 23.2. The molecule has 21 heavy (non-hydrogen) atoms. The Bertz CT molecular complexity index is 648. The molecule has 1 atom stereocenters. The van der Waals surface area contributed by atoms with Gasteiger partial charge in [0.25, 0.3) is 0 Å². The van der Waals surface area contributed by atoms with Gasteiger partial charge in [0.1, 0.15) is 0 Å². The fourth-order valence-electron chi connectivity index (χ4n) is 2.76. The lowest BCUT2D eigenvalue weighted by molar-refractivity contribution is 0.631. The van der Waals surface area contributed by atoms with Gasteiger partial charge in [0.15, 0.2) is 0 Å². The Kier molecular flexibility index (Phi) is 4.18. The number of hydrogen-bond acceptors (Lipinski definition) is 2. The van der Waals surface area contributed by atoms with Crippen LogP contribution in [0.2, 0.25) is 0 Å². The molecule has 106 valence electrons. The first kappa shape index (κ1) is 14.1. The van der Waals surface area contributed by atoms with Crippen LogP contribution < -0.4 is 5.73 Å². The summed E-state index contributed by atoms with van der Waals surface area (Å²) >= 11 is 1.76. The molecule has 0 spiro atoms. The normalized spacial score (nSPS) is 12.5. The van der Waals surface area contributed by atoms with Gasteiger partial charge in [0.05, 0.1) is 0 Å². The standard InChI is InChI=1S/C19H19NS/c1-14-12-17(13-21-14)19(20)18(15-8-4-2-5-9-15)16-10-6-3-7-11-16/h2-13,18-19H,20H2,1H3. The van der Waals surface area contributed by atoms with Crippen molar-refractivity contribution in [2.45, 2.75) is 18.9 Å². The molecule has 1 unspecified atom stereocenters. The third-order valence-electron chi connectivity index (χ3n) is 3.81. The number of rotatable bonds is 4. The van der Waals surface area contributed by atoms with E-state index in [1.165, 1.54) is 21.6 Å². The zero-order chi connectivity index (χ0) is 14.7. The van der Waals surface area contributed by atoms with Gasteiger partial charge in [-0.2, -0.15) is 0 Å². The van der Waals surface area contributed by atoms with Gasteiger partial charge in [-0.15, -0.1) is 11.3 Å². The predicted molar refractivity (Wildman–Crippen MR) is 90.7 cm³/mol. The molecule has 0 aliphatic rings. The van der Waals surface area contributed by atoms with Gasteiger partial charge in [0, 0.05) is 16.8 Å². The second-order valence-corrected chi connectivity index (χ2v) is 6.43. The van der Waals surface area contributed by atoms with Gasteiger partial charge in [-0.25, -0.2) is 0 Å². The molecular weight excluding hydrogens is 274 g/mol. The highest BCUT2D eigenvalue weighted by Crippen LogP contribution is 2.36. The van der Waals surface area contributed by atoms with Crippen molar-refractivity contribution < 1.29 is 0 Å². The quantitative estimate of drug-likeness (QED) is 0.728. The summed E-state index contributed by atoms with van der Waals surface area (Å²) in [6.07, 6.45) is 0. The van der Waals surface area contributed by atoms with E-state index >= 15 is 0 Å². The van der Waals surface area contributed by atoms with E-state index in [9.17, 15) is 0 Å². The maximum atomic E-state index is 6.62. The molecule has 0 aliphatic carbocycles. The molecule has 2 aromatic carbocycles. The number of benzene rings is 2. The lowest BCUT2D eigenvalue weighted by atomic mass is 9.83. The molecule has 2 N–H and O–H groups in total. The minimum absolute atomic E-state index is 0.0280. The number of aryl methyl sites for hydroxylation is 1. The van der Waals surface area contributed by atoms with E-state index in [0.29, 0.717) is 0 Å². The van der Waals surface area contributed by atoms with Crippen molar-refractivity contribution in [1.29, 1.82) is 0 Å². The maximum absolute atomic E-state index is 6.62. The molecule has 0 amide bonds. The van der Waals surface area contributed by atoms with Crippen molar-refractivity contribution in [3.05, 3.63) is 93.7 Å². The average molecular weight is 293 g/mol. The maximum Gasteiger partial charge on any atom is 0.0414 e. The summed E-state index contributed by atoms with van der Waals surface area (Å²) in [7, 11) is 0. The Balaban J connectivity index is 2.04. The van der Waals surface area contributed by atoms with E-state index < -0.39 is 0 Å². The van der Waals surface area contributed by atoms with Crippen LogP contribution in [-0.4, -0.2) is 0 Å². The Morgan fingerprint density at radius 1 is 0.810 bits per heavy atom. The van der Waals surface area contributed by atoms with Crippen LogP contribution in [0.1, 0.15) is 33.5 Å². The van der Waals surface area contributed by atoms with E-state index in [-0.39, 0.29) is 12.0 Å². The first-order chi connectivity index (χ1) is 10.3. The Morgan fingerprint density at radius 2 is 1.33 bits per heavy atom. The third kappa shape index (κ3) is 3.07. The van der Waals surface area contributed by atoms with Crippen molar-refractivity contribution in [1.82, 2.24) is 0 Å². The lowest BCUT2D eigenvalue weighted by Crippen LogP contribution is -2.20. The summed E-state index contributed by atoms with van der Waals surface area (Å²) in [5.74, 6) is 0.182. The summed E-state index contributed by atoms with van der Waals surface area (Å²) < 4.78 is 0. The van der Waals surface area contributed by atoms with Gasteiger partial charge < -0.3 is 5.73 Å². The van der Waals surface area contributed by atoms with Crippen LogP contribution in [-0.2, 0) is 0 Å². The highest BCUT2D eigenvalue weighted by Gasteiger charge is 2.23. The fraction of sp³-hybridized carbons (Fsp3) is 0.158. The van der Waals surface area contributed by atoms with E-state index in [0.717, 1.165) is 0 Å². The molecule has 3 aromatic rings. The molecule has 3 rings (SSSR count). The smallest absolute Gasteiger partial charge is 0.0414 e. The van der Waals surface area contributed by atoms with E-state index in [1.54, 1.807) is 11.3 Å². The van der Waals surface area contributed by atoms with Crippen LogP contribution in [0.4, 0.5) is 0 Å². The van der Waals surface area contributed by atoms with Crippen LogP contribution in [0.3, 0.4) is 0 Å². The van der Waals surface area contributed by atoms with Crippen molar-refractivity contribution in [3.8, 4) is 0 Å². The molecule has 0 radical (unpaired) electrons. The minimum atomic E-state index is -0.0280. The highest BCUT2D eigenvalue weighted by molar-refractivity contribution is 7.10. The topological polar surface area (TPSA) is 26.0 Å². The first-order valence-corrected chi connectivity index (χ1v) is 8.04. The summed E-state index contributed by atoms with van der Waals surface area (Å²) in [6.45, 7) is 2.13. The van der Waals surface area contributed by atoms with Gasteiger partial charge in [0.2, 0.25) is 0 Å². The van der Waals surface area contributed by atoms with Gasteiger partial charge >= 0.3 is 0 Å². The Hall–Kier alpha value is -1.90. The largest absolute Gasteiger partial charge is 0.323 e. The van der Waals surface area contributed by atoms with Crippen molar-refractivity contribution >= 4 is 11.3 Å². The molecule has 0 saturated heterocycles. The molecule has 1 heterocycles. The molecule has 0 aliphatic heterocycles. The van der Waals surface area contributed by atoms with Gasteiger partial charge in [-0.05, 0) is 35.1 Å². The second kappa shape index (κ2) is 6.25. The minimum Gasteiger partial charge on any atom is -0.323 e. The molecule has 1 aromatic heterocycles. The number of nitrogens with two attached hydrogens (primary N) is 1. The van der Waals surface area contributed by atoms with Crippen LogP contribution >= 0.6 is 11.3 Å².